The average Bonchev–Trinajstić information content (AvgIpc) is 2.70. The highest BCUT2D eigenvalue weighted by Gasteiger charge is 2.46. The maximum absolute atomic E-state index is 5.25. The van der Waals surface area contributed by atoms with E-state index >= 15 is 0 Å². The molecule has 0 bridgehead atoms. The van der Waals surface area contributed by atoms with Crippen LogP contribution in [0.15, 0.2) is 0 Å². The summed E-state index contributed by atoms with van der Waals surface area (Å²) in [5.41, 5.74) is 0. The van der Waals surface area contributed by atoms with Crippen molar-refractivity contribution in [1.29, 1.82) is 0 Å². The lowest BCUT2D eigenvalue weighted by atomic mass is 10.1. The van der Waals surface area contributed by atoms with E-state index < -0.39 is 0 Å². The molecule has 2 fully saturated rings. The smallest absolute Gasteiger partial charge is 0.0291 e. The van der Waals surface area contributed by atoms with Crippen LogP contribution in [0.5, 0.6) is 0 Å². The van der Waals surface area contributed by atoms with Gasteiger partial charge in [0, 0.05) is 23.9 Å². The van der Waals surface area contributed by atoms with Crippen molar-refractivity contribution in [2.45, 2.75) is 30.2 Å². The molecule has 1 saturated carbocycles. The molecule has 12 heavy (non-hydrogen) atoms. The molecule has 0 aromatic rings. The summed E-state index contributed by atoms with van der Waals surface area (Å²) in [7, 11) is 4.34. The molecule has 1 aliphatic heterocycles. The molecule has 1 radical (unpaired) electrons. The zero-order valence-electron chi connectivity index (χ0n) is 7.79. The van der Waals surface area contributed by atoms with Gasteiger partial charge in [0.2, 0.25) is 0 Å². The van der Waals surface area contributed by atoms with Crippen molar-refractivity contribution >= 4 is 12.6 Å². The van der Waals surface area contributed by atoms with E-state index in [-0.39, 0.29) is 0 Å². The van der Waals surface area contributed by atoms with Gasteiger partial charge in [-0.05, 0) is 32.9 Å². The molecule has 0 aromatic heterocycles. The molecule has 3 heteroatoms. The van der Waals surface area contributed by atoms with Crippen molar-refractivity contribution in [3.63, 3.8) is 0 Å². The lowest BCUT2D eigenvalue weighted by molar-refractivity contribution is 0.355. The summed E-state index contributed by atoms with van der Waals surface area (Å²) in [6, 6.07) is 1.54. The predicted octanol–water partition coefficient (Wildman–Crippen LogP) is 0.865. The fourth-order valence-electron chi connectivity index (χ4n) is 2.29. The maximum atomic E-state index is 5.25. The first-order valence-electron chi connectivity index (χ1n) is 4.74. The molecular weight excluding hydrogens is 168 g/mol. The minimum atomic E-state index is 0.485. The second-order valence-electron chi connectivity index (χ2n) is 4.30. The average molecular weight is 185 g/mol. The van der Waals surface area contributed by atoms with Crippen LogP contribution < -0.4 is 5.32 Å². The minimum absolute atomic E-state index is 0.485. The van der Waals surface area contributed by atoms with E-state index in [1.54, 1.807) is 0 Å². The molecule has 2 nitrogen and oxygen atoms in total. The van der Waals surface area contributed by atoms with E-state index in [0.717, 1.165) is 24.5 Å². The number of nitrogens with one attached hydrogen (secondary N) is 1. The Morgan fingerprint density at radius 3 is 2.50 bits per heavy atom. The van der Waals surface area contributed by atoms with Crippen molar-refractivity contribution < 1.29 is 0 Å². The van der Waals surface area contributed by atoms with Crippen molar-refractivity contribution in [1.82, 2.24) is 10.2 Å². The molecule has 1 heterocycles. The van der Waals surface area contributed by atoms with Gasteiger partial charge in [0.1, 0.15) is 0 Å². The third kappa shape index (κ3) is 1.63. The molecule has 69 valence electrons. The highest BCUT2D eigenvalue weighted by molar-refractivity contribution is 7.81. The van der Waals surface area contributed by atoms with E-state index in [2.05, 4.69) is 24.3 Å². The quantitative estimate of drug-likeness (QED) is 0.686. The third-order valence-electron chi connectivity index (χ3n) is 3.11. The Balaban J connectivity index is 1.81. The molecule has 2 aliphatic rings. The minimum Gasteiger partial charge on any atom is -0.312 e. The molecule has 1 N–H and O–H groups in total. The van der Waals surface area contributed by atoms with E-state index in [9.17, 15) is 0 Å². The Morgan fingerprint density at radius 1 is 1.33 bits per heavy atom. The first-order chi connectivity index (χ1) is 5.68. The zero-order valence-corrected chi connectivity index (χ0v) is 8.60. The third-order valence-corrected chi connectivity index (χ3v) is 3.47. The molecular formula is C9H17N2S. The van der Waals surface area contributed by atoms with Gasteiger partial charge in [0.15, 0.2) is 0 Å². The summed E-state index contributed by atoms with van der Waals surface area (Å²) in [6.07, 6.45) is 2.58. The van der Waals surface area contributed by atoms with Crippen LogP contribution in [0.3, 0.4) is 0 Å². The van der Waals surface area contributed by atoms with E-state index in [1.165, 1.54) is 12.8 Å². The Labute approximate surface area is 80.1 Å². The van der Waals surface area contributed by atoms with Gasteiger partial charge in [-0.25, -0.2) is 0 Å². The van der Waals surface area contributed by atoms with Crippen molar-refractivity contribution in [2.24, 2.45) is 5.92 Å². The predicted molar refractivity (Wildman–Crippen MR) is 53.4 cm³/mol. The monoisotopic (exact) mass is 185 g/mol. The molecule has 4 unspecified atom stereocenters. The Bertz CT molecular complexity index is 172. The molecule has 0 amide bonds. The van der Waals surface area contributed by atoms with Gasteiger partial charge in [-0.1, -0.05) is 12.6 Å². The summed E-state index contributed by atoms with van der Waals surface area (Å²) in [5, 5.41) is 4.01. The van der Waals surface area contributed by atoms with E-state index in [1.807, 2.05) is 0 Å². The SMILES string of the molecule is CN(C)C1CC1C1CC([S])CN1. The van der Waals surface area contributed by atoms with Crippen LogP contribution in [0.4, 0.5) is 0 Å². The van der Waals surface area contributed by atoms with E-state index in [0.29, 0.717) is 5.25 Å². The highest BCUT2D eigenvalue weighted by atomic mass is 32.1. The van der Waals surface area contributed by atoms with Gasteiger partial charge in [-0.3, -0.25) is 0 Å². The summed E-state index contributed by atoms with van der Waals surface area (Å²) in [6.45, 7) is 1.05. The number of hydrogen-bond donors (Lipinski definition) is 1. The number of hydrogen-bond acceptors (Lipinski definition) is 2. The molecule has 4 atom stereocenters. The molecule has 0 aromatic carbocycles. The van der Waals surface area contributed by atoms with Crippen LogP contribution >= 0.6 is 12.6 Å². The standard InChI is InChI=1S/C9H17N2S/c1-11(2)9-4-7(9)8-3-6(12)5-10-8/h6-10H,3-5H2,1-2H3. The van der Waals surface area contributed by atoms with Crippen LogP contribution in [0.2, 0.25) is 0 Å². The topological polar surface area (TPSA) is 15.3 Å². The molecule has 0 spiro atoms. The van der Waals surface area contributed by atoms with Crippen molar-refractivity contribution in [2.75, 3.05) is 20.6 Å². The van der Waals surface area contributed by atoms with Crippen LogP contribution in [-0.4, -0.2) is 42.9 Å². The van der Waals surface area contributed by atoms with E-state index in [4.69, 9.17) is 12.6 Å². The summed E-state index contributed by atoms with van der Waals surface area (Å²) >= 11 is 5.25. The largest absolute Gasteiger partial charge is 0.312 e. The van der Waals surface area contributed by atoms with Gasteiger partial charge in [0.25, 0.3) is 0 Å². The first kappa shape index (κ1) is 8.85. The van der Waals surface area contributed by atoms with Gasteiger partial charge in [-0.15, -0.1) is 0 Å². The normalized spacial score (nSPS) is 47.0. The van der Waals surface area contributed by atoms with Crippen molar-refractivity contribution in [3.05, 3.63) is 0 Å². The van der Waals surface area contributed by atoms with Gasteiger partial charge < -0.3 is 10.2 Å². The fraction of sp³-hybridized carbons (Fsp3) is 1.00. The summed E-state index contributed by atoms with van der Waals surface area (Å²) in [4.78, 5) is 2.34. The van der Waals surface area contributed by atoms with Crippen LogP contribution in [0.1, 0.15) is 12.8 Å². The maximum Gasteiger partial charge on any atom is 0.0291 e. The molecule has 1 aliphatic carbocycles. The van der Waals surface area contributed by atoms with Gasteiger partial charge in [-0.2, -0.15) is 0 Å². The van der Waals surface area contributed by atoms with Crippen LogP contribution in [-0.2, 0) is 0 Å². The van der Waals surface area contributed by atoms with Gasteiger partial charge >= 0.3 is 0 Å². The van der Waals surface area contributed by atoms with Crippen LogP contribution in [0, 0.1) is 5.92 Å². The van der Waals surface area contributed by atoms with Crippen molar-refractivity contribution in [3.8, 4) is 0 Å². The Morgan fingerprint density at radius 2 is 2.08 bits per heavy atom. The lowest BCUT2D eigenvalue weighted by Crippen LogP contribution is -2.28. The highest BCUT2D eigenvalue weighted by Crippen LogP contribution is 2.40. The fourth-order valence-corrected chi connectivity index (χ4v) is 2.59. The zero-order chi connectivity index (χ0) is 8.72. The molecule has 2 rings (SSSR count). The summed E-state index contributed by atoms with van der Waals surface area (Å²) in [5.74, 6) is 0.882. The first-order valence-corrected chi connectivity index (χ1v) is 5.21. The lowest BCUT2D eigenvalue weighted by Gasteiger charge is -2.13. The number of rotatable bonds is 2. The number of nitrogens with zero attached hydrogens (tertiary/aromatic N) is 1. The summed E-state index contributed by atoms with van der Waals surface area (Å²) < 4.78 is 0. The Hall–Kier alpha value is 0.270. The Kier molecular flexibility index (Phi) is 2.36. The molecule has 1 saturated heterocycles. The van der Waals surface area contributed by atoms with Gasteiger partial charge in [0.05, 0.1) is 0 Å². The van der Waals surface area contributed by atoms with Crippen LogP contribution in [0.25, 0.3) is 0 Å². The second-order valence-corrected chi connectivity index (χ2v) is 4.97. The second kappa shape index (κ2) is 3.20.